The number of hydrogen-bond acceptors (Lipinski definition) is 6. The van der Waals surface area contributed by atoms with Gasteiger partial charge in [-0.1, -0.05) is 65.8 Å². The van der Waals surface area contributed by atoms with Crippen LogP contribution in [0.3, 0.4) is 0 Å². The Morgan fingerprint density at radius 2 is 1.57 bits per heavy atom. The molecule has 0 unspecified atom stereocenters. The van der Waals surface area contributed by atoms with Gasteiger partial charge in [0.15, 0.2) is 5.82 Å². The van der Waals surface area contributed by atoms with Crippen LogP contribution in [0.5, 0.6) is 0 Å². The monoisotopic (exact) mass is 408 g/mol. The molecular formula is C23H28N4O3. The highest BCUT2D eigenvalue weighted by Gasteiger charge is 2.29. The summed E-state index contributed by atoms with van der Waals surface area (Å²) in [4.78, 5) is 19.1. The van der Waals surface area contributed by atoms with E-state index in [0.717, 1.165) is 11.1 Å². The van der Waals surface area contributed by atoms with Crippen molar-refractivity contribution in [2.24, 2.45) is 0 Å². The maximum Gasteiger partial charge on any atom is 0.408 e. The zero-order valence-electron chi connectivity index (χ0n) is 18.0. The number of benzene rings is 2. The van der Waals surface area contributed by atoms with Crippen LogP contribution in [0.4, 0.5) is 4.79 Å². The van der Waals surface area contributed by atoms with Crippen molar-refractivity contribution in [1.29, 1.82) is 0 Å². The fourth-order valence-corrected chi connectivity index (χ4v) is 3.14. The lowest BCUT2D eigenvalue weighted by Crippen LogP contribution is -2.35. The molecule has 1 N–H and O–H groups in total. The molecule has 0 fully saturated rings. The standard InChI is InChI=1S/C23H28N4O3/c1-23(2,3)29-22(28)24-18(16-12-8-6-9-13-16)20-25-21(30-26-20)19(27(4)5)17-14-10-7-11-15-17/h6-15,18-19H,1-5H3,(H,24,28)/t18-,19+/m0/s1. The van der Waals surface area contributed by atoms with Gasteiger partial charge < -0.3 is 14.6 Å². The molecular weight excluding hydrogens is 380 g/mol. The van der Waals surface area contributed by atoms with E-state index in [-0.39, 0.29) is 6.04 Å². The SMILES string of the molecule is CN(C)[C@H](c1ccccc1)c1nc([C@@H](NC(=O)OC(C)(C)C)c2ccccc2)no1. The van der Waals surface area contributed by atoms with Crippen LogP contribution in [0.15, 0.2) is 65.2 Å². The van der Waals surface area contributed by atoms with E-state index in [9.17, 15) is 4.79 Å². The van der Waals surface area contributed by atoms with Crippen LogP contribution in [-0.4, -0.2) is 40.8 Å². The van der Waals surface area contributed by atoms with Crippen molar-refractivity contribution >= 4 is 6.09 Å². The Bertz CT molecular complexity index is 949. The minimum absolute atomic E-state index is 0.203. The zero-order chi connectivity index (χ0) is 21.7. The number of nitrogens with zero attached hydrogens (tertiary/aromatic N) is 3. The third-order valence-corrected chi connectivity index (χ3v) is 4.38. The molecule has 0 saturated heterocycles. The molecule has 0 spiro atoms. The van der Waals surface area contributed by atoms with Gasteiger partial charge >= 0.3 is 6.09 Å². The minimum Gasteiger partial charge on any atom is -0.444 e. The minimum atomic E-state index is -0.614. The fourth-order valence-electron chi connectivity index (χ4n) is 3.14. The second-order valence-electron chi connectivity index (χ2n) is 8.26. The van der Waals surface area contributed by atoms with Gasteiger partial charge in [-0.15, -0.1) is 0 Å². The summed E-state index contributed by atoms with van der Waals surface area (Å²) >= 11 is 0. The van der Waals surface area contributed by atoms with Crippen molar-refractivity contribution in [2.75, 3.05) is 14.1 Å². The number of carbonyl (C=O) groups excluding carboxylic acids is 1. The van der Waals surface area contributed by atoms with Crippen LogP contribution in [0.1, 0.15) is 55.7 Å². The summed E-state index contributed by atoms with van der Waals surface area (Å²) in [5.74, 6) is 0.818. The number of hydrogen-bond donors (Lipinski definition) is 1. The smallest absolute Gasteiger partial charge is 0.408 e. The molecule has 30 heavy (non-hydrogen) atoms. The van der Waals surface area contributed by atoms with E-state index in [1.54, 1.807) is 0 Å². The number of carbonyl (C=O) groups is 1. The van der Waals surface area contributed by atoms with Crippen LogP contribution in [0.25, 0.3) is 0 Å². The third-order valence-electron chi connectivity index (χ3n) is 4.38. The van der Waals surface area contributed by atoms with Gasteiger partial charge in [0.05, 0.1) is 0 Å². The Morgan fingerprint density at radius 3 is 2.10 bits per heavy atom. The van der Waals surface area contributed by atoms with E-state index < -0.39 is 17.7 Å². The predicted octanol–water partition coefficient (Wildman–Crippen LogP) is 4.33. The number of nitrogens with one attached hydrogen (secondary N) is 1. The average molecular weight is 409 g/mol. The quantitative estimate of drug-likeness (QED) is 0.654. The average Bonchev–Trinajstić information content (AvgIpc) is 3.15. The number of ether oxygens (including phenoxy) is 1. The van der Waals surface area contributed by atoms with Gasteiger partial charge in [-0.05, 0) is 46.0 Å². The molecule has 0 bridgehead atoms. The van der Waals surface area contributed by atoms with E-state index in [1.807, 2.05) is 100 Å². The highest BCUT2D eigenvalue weighted by molar-refractivity contribution is 5.69. The molecule has 1 amide bonds. The van der Waals surface area contributed by atoms with Crippen molar-refractivity contribution < 1.29 is 14.1 Å². The summed E-state index contributed by atoms with van der Waals surface area (Å²) < 4.78 is 11.1. The first-order chi connectivity index (χ1) is 14.2. The lowest BCUT2D eigenvalue weighted by molar-refractivity contribution is 0.0510. The molecule has 0 radical (unpaired) electrons. The van der Waals surface area contributed by atoms with Gasteiger partial charge in [0, 0.05) is 0 Å². The van der Waals surface area contributed by atoms with Crippen LogP contribution in [0, 0.1) is 0 Å². The van der Waals surface area contributed by atoms with E-state index in [0.29, 0.717) is 11.7 Å². The van der Waals surface area contributed by atoms with Crippen molar-refractivity contribution in [2.45, 2.75) is 38.5 Å². The fraction of sp³-hybridized carbons (Fsp3) is 0.348. The van der Waals surface area contributed by atoms with E-state index in [4.69, 9.17) is 9.26 Å². The molecule has 0 aliphatic carbocycles. The Hall–Kier alpha value is -3.19. The number of aromatic nitrogens is 2. The van der Waals surface area contributed by atoms with E-state index in [2.05, 4.69) is 15.5 Å². The number of alkyl carbamates (subject to hydrolysis) is 1. The zero-order valence-corrected chi connectivity index (χ0v) is 18.0. The highest BCUT2D eigenvalue weighted by Crippen LogP contribution is 2.28. The van der Waals surface area contributed by atoms with Crippen molar-refractivity contribution in [3.63, 3.8) is 0 Å². The first kappa shape index (κ1) is 21.5. The Labute approximate surface area is 177 Å². The maximum absolute atomic E-state index is 12.5. The summed E-state index contributed by atoms with van der Waals surface area (Å²) in [6, 6.07) is 18.6. The molecule has 158 valence electrons. The van der Waals surface area contributed by atoms with Crippen LogP contribution in [0.2, 0.25) is 0 Å². The molecule has 1 aromatic heterocycles. The summed E-state index contributed by atoms with van der Waals surface area (Å²) in [7, 11) is 3.91. The van der Waals surface area contributed by atoms with Gasteiger partial charge in [0.25, 0.3) is 0 Å². The van der Waals surface area contributed by atoms with E-state index >= 15 is 0 Å². The molecule has 2 atom stereocenters. The topological polar surface area (TPSA) is 80.5 Å². The lowest BCUT2D eigenvalue weighted by atomic mass is 10.1. The largest absolute Gasteiger partial charge is 0.444 e. The third kappa shape index (κ3) is 5.45. The van der Waals surface area contributed by atoms with Crippen LogP contribution >= 0.6 is 0 Å². The summed E-state index contributed by atoms with van der Waals surface area (Å²) in [6.07, 6.45) is -0.546. The Morgan fingerprint density at radius 1 is 1.00 bits per heavy atom. The van der Waals surface area contributed by atoms with Gasteiger partial charge in [0.2, 0.25) is 5.89 Å². The Kier molecular flexibility index (Phi) is 6.52. The van der Waals surface area contributed by atoms with Crippen LogP contribution in [-0.2, 0) is 4.74 Å². The number of rotatable bonds is 6. The van der Waals surface area contributed by atoms with Gasteiger partial charge in [-0.3, -0.25) is 4.90 Å². The van der Waals surface area contributed by atoms with Crippen molar-refractivity contribution in [1.82, 2.24) is 20.4 Å². The molecule has 0 aliphatic rings. The van der Waals surface area contributed by atoms with Gasteiger partial charge in [0.1, 0.15) is 17.7 Å². The highest BCUT2D eigenvalue weighted by atomic mass is 16.6. The maximum atomic E-state index is 12.5. The second kappa shape index (κ2) is 9.09. The van der Waals surface area contributed by atoms with E-state index in [1.165, 1.54) is 0 Å². The molecule has 3 rings (SSSR count). The molecule has 0 saturated carbocycles. The summed E-state index contributed by atoms with van der Waals surface area (Å²) in [6.45, 7) is 5.45. The molecule has 1 heterocycles. The lowest BCUT2D eigenvalue weighted by Gasteiger charge is -2.22. The molecule has 0 aliphatic heterocycles. The molecule has 7 nitrogen and oxygen atoms in total. The Balaban J connectivity index is 1.93. The summed E-state index contributed by atoms with van der Waals surface area (Å²) in [5, 5.41) is 7.06. The number of amides is 1. The summed E-state index contributed by atoms with van der Waals surface area (Å²) in [5.41, 5.74) is 1.25. The molecule has 3 aromatic rings. The van der Waals surface area contributed by atoms with Crippen molar-refractivity contribution in [3.8, 4) is 0 Å². The normalized spacial score (nSPS) is 13.7. The first-order valence-electron chi connectivity index (χ1n) is 9.84. The molecule has 2 aromatic carbocycles. The predicted molar refractivity (Wildman–Crippen MR) is 114 cm³/mol. The molecule has 7 heteroatoms. The van der Waals surface area contributed by atoms with Crippen LogP contribution < -0.4 is 5.32 Å². The van der Waals surface area contributed by atoms with Gasteiger partial charge in [-0.25, -0.2) is 4.79 Å². The van der Waals surface area contributed by atoms with Crippen molar-refractivity contribution in [3.05, 3.63) is 83.5 Å². The second-order valence-corrected chi connectivity index (χ2v) is 8.26. The van der Waals surface area contributed by atoms with Gasteiger partial charge in [-0.2, -0.15) is 4.98 Å². The first-order valence-corrected chi connectivity index (χ1v) is 9.84.